The van der Waals surface area contributed by atoms with Gasteiger partial charge in [0.1, 0.15) is 11.5 Å². The van der Waals surface area contributed by atoms with E-state index >= 15 is 0 Å². The van der Waals surface area contributed by atoms with Gasteiger partial charge < -0.3 is 4.40 Å². The average molecular weight is 204 g/mol. The predicted molar refractivity (Wildman–Crippen MR) is 59.1 cm³/mol. The van der Waals surface area contributed by atoms with Crippen LogP contribution in [0.2, 0.25) is 0 Å². The quantitative estimate of drug-likeness (QED) is 0.749. The van der Waals surface area contributed by atoms with E-state index in [4.69, 9.17) is 0 Å². The number of nitrogens with zero attached hydrogens (tertiary/aromatic N) is 2. The first-order valence-corrected chi connectivity index (χ1v) is 5.03. The van der Waals surface area contributed by atoms with Crippen LogP contribution in [0.15, 0.2) is 31.1 Å². The molecule has 0 saturated carbocycles. The van der Waals surface area contributed by atoms with Gasteiger partial charge in [0.15, 0.2) is 0 Å². The highest BCUT2D eigenvalue weighted by molar-refractivity contribution is 5.62. The van der Waals surface area contributed by atoms with Gasteiger partial charge in [-0.05, 0) is 24.1 Å². The SMILES string of the molecule is C=C(CCC)c1cn2cc(F)ccc2n1. The van der Waals surface area contributed by atoms with Gasteiger partial charge in [-0.1, -0.05) is 19.9 Å². The molecule has 0 amide bonds. The normalized spacial score (nSPS) is 10.8. The fourth-order valence-corrected chi connectivity index (χ4v) is 1.56. The van der Waals surface area contributed by atoms with E-state index in [2.05, 4.69) is 18.5 Å². The smallest absolute Gasteiger partial charge is 0.139 e. The molecule has 0 aliphatic carbocycles. The van der Waals surface area contributed by atoms with Gasteiger partial charge in [0, 0.05) is 12.4 Å². The largest absolute Gasteiger partial charge is 0.304 e. The summed E-state index contributed by atoms with van der Waals surface area (Å²) < 4.78 is 14.6. The molecule has 0 fully saturated rings. The summed E-state index contributed by atoms with van der Waals surface area (Å²) in [5.74, 6) is -0.257. The van der Waals surface area contributed by atoms with Crippen LogP contribution in [0.5, 0.6) is 0 Å². The number of hydrogen-bond acceptors (Lipinski definition) is 1. The van der Waals surface area contributed by atoms with Crippen molar-refractivity contribution in [3.8, 4) is 0 Å². The lowest BCUT2D eigenvalue weighted by atomic mass is 10.1. The van der Waals surface area contributed by atoms with Gasteiger partial charge >= 0.3 is 0 Å². The summed E-state index contributed by atoms with van der Waals surface area (Å²) >= 11 is 0. The Morgan fingerprint density at radius 1 is 1.47 bits per heavy atom. The van der Waals surface area contributed by atoms with E-state index in [1.807, 2.05) is 6.20 Å². The molecule has 3 heteroatoms. The van der Waals surface area contributed by atoms with E-state index in [0.717, 1.165) is 29.8 Å². The molecule has 0 saturated heterocycles. The van der Waals surface area contributed by atoms with Crippen LogP contribution in [0, 0.1) is 5.82 Å². The van der Waals surface area contributed by atoms with Gasteiger partial charge in [0.2, 0.25) is 0 Å². The van der Waals surface area contributed by atoms with Crippen LogP contribution in [0.3, 0.4) is 0 Å². The van der Waals surface area contributed by atoms with Gasteiger partial charge in [-0.15, -0.1) is 0 Å². The standard InChI is InChI=1S/C12H13FN2/c1-3-4-9(2)11-8-15-7-10(13)5-6-12(15)14-11/h5-8H,2-4H2,1H3. The maximum atomic E-state index is 12.9. The Labute approximate surface area is 88.1 Å². The third kappa shape index (κ3) is 1.91. The summed E-state index contributed by atoms with van der Waals surface area (Å²) in [6.07, 6.45) is 5.20. The third-order valence-corrected chi connectivity index (χ3v) is 2.33. The molecule has 15 heavy (non-hydrogen) atoms. The summed E-state index contributed by atoms with van der Waals surface area (Å²) in [5, 5.41) is 0. The number of imidazole rings is 1. The van der Waals surface area contributed by atoms with Crippen molar-refractivity contribution in [3.05, 3.63) is 42.6 Å². The first kappa shape index (κ1) is 9.90. The Balaban J connectivity index is 2.42. The number of allylic oxidation sites excluding steroid dienone is 1. The maximum Gasteiger partial charge on any atom is 0.139 e. The monoisotopic (exact) mass is 204 g/mol. The van der Waals surface area contributed by atoms with Crippen molar-refractivity contribution in [2.45, 2.75) is 19.8 Å². The van der Waals surface area contributed by atoms with Crippen LogP contribution in [-0.2, 0) is 0 Å². The second-order valence-electron chi connectivity index (χ2n) is 3.59. The molecule has 0 radical (unpaired) electrons. The van der Waals surface area contributed by atoms with Gasteiger partial charge in [0.25, 0.3) is 0 Å². The van der Waals surface area contributed by atoms with E-state index < -0.39 is 0 Å². The van der Waals surface area contributed by atoms with E-state index in [-0.39, 0.29) is 5.82 Å². The molecule has 0 aliphatic rings. The molecule has 2 nitrogen and oxygen atoms in total. The fourth-order valence-electron chi connectivity index (χ4n) is 1.56. The Kier molecular flexibility index (Phi) is 2.54. The minimum Gasteiger partial charge on any atom is -0.304 e. The first-order chi connectivity index (χ1) is 7.20. The number of fused-ring (bicyclic) bond motifs is 1. The zero-order chi connectivity index (χ0) is 10.8. The number of rotatable bonds is 3. The molecule has 0 bridgehead atoms. The Morgan fingerprint density at radius 2 is 2.27 bits per heavy atom. The van der Waals surface area contributed by atoms with Crippen LogP contribution < -0.4 is 0 Å². The molecule has 0 aliphatic heterocycles. The van der Waals surface area contributed by atoms with Gasteiger partial charge in [-0.3, -0.25) is 0 Å². The number of hydrogen-bond donors (Lipinski definition) is 0. The van der Waals surface area contributed by atoms with Crippen LogP contribution in [0.25, 0.3) is 11.2 Å². The zero-order valence-corrected chi connectivity index (χ0v) is 8.70. The third-order valence-electron chi connectivity index (χ3n) is 2.33. The molecule has 78 valence electrons. The summed E-state index contributed by atoms with van der Waals surface area (Å²) in [4.78, 5) is 4.37. The van der Waals surface area contributed by atoms with Crippen LogP contribution in [0.1, 0.15) is 25.5 Å². The van der Waals surface area contributed by atoms with Crippen LogP contribution in [-0.4, -0.2) is 9.38 Å². The predicted octanol–water partition coefficient (Wildman–Crippen LogP) is 3.29. The molecule has 0 spiro atoms. The lowest BCUT2D eigenvalue weighted by molar-refractivity contribution is 0.619. The minimum atomic E-state index is -0.257. The van der Waals surface area contributed by atoms with E-state index in [1.165, 1.54) is 12.3 Å². The topological polar surface area (TPSA) is 17.3 Å². The second-order valence-corrected chi connectivity index (χ2v) is 3.59. The average Bonchev–Trinajstić information content (AvgIpc) is 2.60. The Hall–Kier alpha value is -1.64. The number of halogens is 1. The second kappa shape index (κ2) is 3.85. The molecule has 0 atom stereocenters. The molecular formula is C12H13FN2. The summed E-state index contributed by atoms with van der Waals surface area (Å²) in [6.45, 7) is 6.06. The highest BCUT2D eigenvalue weighted by Gasteiger charge is 2.04. The van der Waals surface area contributed by atoms with Gasteiger partial charge in [0.05, 0.1) is 5.69 Å². The van der Waals surface area contributed by atoms with Crippen molar-refractivity contribution < 1.29 is 4.39 Å². The molecular weight excluding hydrogens is 191 g/mol. The maximum absolute atomic E-state index is 12.9. The molecule has 2 aromatic rings. The Bertz CT molecular complexity index is 499. The van der Waals surface area contributed by atoms with Crippen molar-refractivity contribution >= 4 is 11.2 Å². The van der Waals surface area contributed by atoms with Crippen molar-refractivity contribution in [1.29, 1.82) is 0 Å². The van der Waals surface area contributed by atoms with E-state index in [9.17, 15) is 4.39 Å². The number of aromatic nitrogens is 2. The minimum absolute atomic E-state index is 0.257. The Morgan fingerprint density at radius 3 is 3.00 bits per heavy atom. The van der Waals surface area contributed by atoms with E-state index in [1.54, 1.807) is 10.5 Å². The van der Waals surface area contributed by atoms with Crippen molar-refractivity contribution in [1.82, 2.24) is 9.38 Å². The van der Waals surface area contributed by atoms with E-state index in [0.29, 0.717) is 0 Å². The summed E-state index contributed by atoms with van der Waals surface area (Å²) in [6, 6.07) is 3.08. The molecule has 0 aromatic carbocycles. The van der Waals surface area contributed by atoms with Crippen molar-refractivity contribution in [2.75, 3.05) is 0 Å². The first-order valence-electron chi connectivity index (χ1n) is 5.03. The number of pyridine rings is 1. The van der Waals surface area contributed by atoms with Crippen molar-refractivity contribution in [2.24, 2.45) is 0 Å². The molecule has 2 aromatic heterocycles. The lowest BCUT2D eigenvalue weighted by Gasteiger charge is -1.96. The molecule has 2 rings (SSSR count). The molecule has 2 heterocycles. The van der Waals surface area contributed by atoms with Crippen LogP contribution >= 0.6 is 0 Å². The summed E-state index contributed by atoms with van der Waals surface area (Å²) in [5.41, 5.74) is 2.60. The molecule has 0 N–H and O–H groups in total. The van der Waals surface area contributed by atoms with Gasteiger partial charge in [-0.25, -0.2) is 9.37 Å². The summed E-state index contributed by atoms with van der Waals surface area (Å²) in [7, 11) is 0. The zero-order valence-electron chi connectivity index (χ0n) is 8.70. The highest BCUT2D eigenvalue weighted by atomic mass is 19.1. The van der Waals surface area contributed by atoms with Crippen LogP contribution in [0.4, 0.5) is 4.39 Å². The van der Waals surface area contributed by atoms with Crippen molar-refractivity contribution in [3.63, 3.8) is 0 Å². The van der Waals surface area contributed by atoms with Gasteiger partial charge in [-0.2, -0.15) is 0 Å². The fraction of sp³-hybridized carbons (Fsp3) is 0.250. The molecule has 0 unspecified atom stereocenters. The highest BCUT2D eigenvalue weighted by Crippen LogP contribution is 2.17. The lowest BCUT2D eigenvalue weighted by Crippen LogP contribution is -1.83.